The van der Waals surface area contributed by atoms with Gasteiger partial charge in [-0.3, -0.25) is 14.5 Å². The Morgan fingerprint density at radius 1 is 0.917 bits per heavy atom. The van der Waals surface area contributed by atoms with Crippen LogP contribution in [0.5, 0.6) is 5.75 Å². The molecule has 1 saturated heterocycles. The Bertz CT molecular complexity index is 1580. The van der Waals surface area contributed by atoms with Crippen LogP contribution in [-0.4, -0.2) is 21.2 Å². The molecule has 0 radical (unpaired) electrons. The highest BCUT2D eigenvalue weighted by Gasteiger charge is 2.35. The summed E-state index contributed by atoms with van der Waals surface area (Å²) in [6.07, 6.45) is 1.47. The van der Waals surface area contributed by atoms with Crippen LogP contribution >= 0.6 is 35.0 Å². The first-order valence-corrected chi connectivity index (χ1v) is 12.4. The van der Waals surface area contributed by atoms with Crippen LogP contribution in [0.2, 0.25) is 10.0 Å². The first-order chi connectivity index (χ1) is 17.4. The van der Waals surface area contributed by atoms with E-state index in [-0.39, 0.29) is 17.2 Å². The maximum atomic E-state index is 13.0. The lowest BCUT2D eigenvalue weighted by atomic mass is 10.1. The second kappa shape index (κ2) is 10.1. The van der Waals surface area contributed by atoms with Crippen LogP contribution in [0.4, 0.5) is 16.2 Å². The predicted molar refractivity (Wildman–Crippen MR) is 144 cm³/mol. The number of hydrogen-bond donors (Lipinski definition) is 1. The molecule has 0 saturated carbocycles. The second-order valence-corrected chi connectivity index (χ2v) is 9.78. The smallest absolute Gasteiger partial charge is 0.293 e. The van der Waals surface area contributed by atoms with Gasteiger partial charge in [0.05, 0.1) is 22.8 Å². The fraction of sp³-hybridized carbons (Fsp3) is 0.0370. The molecular formula is C27H17Cl2N3O3S. The van der Waals surface area contributed by atoms with Crippen LogP contribution in [0.1, 0.15) is 11.1 Å². The number of carbonyl (C=O) groups excluding carboxylic acids is 2. The summed E-state index contributed by atoms with van der Waals surface area (Å²) in [7, 11) is 0. The number of hydrogen-bond acceptors (Lipinski definition) is 6. The van der Waals surface area contributed by atoms with Crippen LogP contribution in [0.15, 0.2) is 94.0 Å². The van der Waals surface area contributed by atoms with Crippen molar-refractivity contribution in [2.45, 2.75) is 6.54 Å². The van der Waals surface area contributed by atoms with E-state index in [1.54, 1.807) is 30.3 Å². The van der Waals surface area contributed by atoms with E-state index >= 15 is 0 Å². The molecule has 0 atom stereocenters. The van der Waals surface area contributed by atoms with E-state index in [0.29, 0.717) is 32.5 Å². The Hall–Kier alpha value is -3.65. The number of carbonyl (C=O) groups is 2. The minimum Gasteiger partial charge on any atom is -0.507 e. The molecule has 0 aromatic heterocycles. The van der Waals surface area contributed by atoms with E-state index in [2.05, 4.69) is 10.2 Å². The average Bonchev–Trinajstić information content (AvgIpc) is 3.13. The number of aromatic hydroxyl groups is 1. The van der Waals surface area contributed by atoms with Gasteiger partial charge in [0.2, 0.25) is 0 Å². The van der Waals surface area contributed by atoms with Gasteiger partial charge in [-0.1, -0.05) is 65.7 Å². The molecule has 9 heteroatoms. The zero-order valence-electron chi connectivity index (χ0n) is 18.6. The molecule has 2 amide bonds. The standard InChI is InChI=1S/C27H17Cl2N3O3S/c28-19-9-8-17(22(29)14-19)15-32-26(34)25(36-27(32)35)13-18-12-20(10-11-24(18)33)30-31-23-7-3-5-16-4-1-2-6-21(16)23/h1-14,33H,15H2/b25-13-,31-30?. The summed E-state index contributed by atoms with van der Waals surface area (Å²) in [5.74, 6) is -0.523. The third-order valence-corrected chi connectivity index (χ3v) is 7.05. The number of fused-ring (bicyclic) bond motifs is 1. The fourth-order valence-corrected chi connectivity index (χ4v) is 5.02. The van der Waals surface area contributed by atoms with Gasteiger partial charge in [-0.25, -0.2) is 0 Å². The van der Waals surface area contributed by atoms with Crippen molar-refractivity contribution in [2.24, 2.45) is 10.2 Å². The normalized spacial score (nSPS) is 15.1. The first kappa shape index (κ1) is 24.1. The molecule has 6 nitrogen and oxygen atoms in total. The molecule has 0 aliphatic carbocycles. The number of phenols is 1. The molecule has 178 valence electrons. The molecule has 4 aromatic rings. The quantitative estimate of drug-likeness (QED) is 0.206. The molecule has 4 aromatic carbocycles. The lowest BCUT2D eigenvalue weighted by Crippen LogP contribution is -2.27. The maximum absolute atomic E-state index is 13.0. The summed E-state index contributed by atoms with van der Waals surface area (Å²) < 4.78 is 0. The van der Waals surface area contributed by atoms with E-state index in [1.165, 1.54) is 12.1 Å². The topological polar surface area (TPSA) is 82.3 Å². The van der Waals surface area contributed by atoms with Crippen molar-refractivity contribution < 1.29 is 14.7 Å². The predicted octanol–water partition coefficient (Wildman–Crippen LogP) is 8.50. The number of phenolic OH excluding ortho intramolecular Hbond substituents is 1. The minimum atomic E-state index is -0.474. The lowest BCUT2D eigenvalue weighted by molar-refractivity contribution is -0.123. The Balaban J connectivity index is 1.39. The number of thioether (sulfide) groups is 1. The third-order valence-electron chi connectivity index (χ3n) is 5.55. The van der Waals surface area contributed by atoms with Crippen LogP contribution in [0, 0.1) is 0 Å². The summed E-state index contributed by atoms with van der Waals surface area (Å²) in [5.41, 5.74) is 2.14. The molecule has 0 unspecified atom stereocenters. The molecule has 1 N–H and O–H groups in total. The number of halogens is 2. The number of nitrogens with zero attached hydrogens (tertiary/aromatic N) is 3. The SMILES string of the molecule is O=C1S/C(=C\c2cc(N=Nc3cccc4ccccc34)ccc2O)C(=O)N1Cc1ccc(Cl)cc1Cl. The van der Waals surface area contributed by atoms with E-state index in [4.69, 9.17) is 23.2 Å². The number of benzene rings is 4. The zero-order chi connectivity index (χ0) is 25.2. The van der Waals surface area contributed by atoms with Gasteiger partial charge in [0.1, 0.15) is 5.75 Å². The van der Waals surface area contributed by atoms with Crippen molar-refractivity contribution in [1.82, 2.24) is 4.90 Å². The first-order valence-electron chi connectivity index (χ1n) is 10.8. The van der Waals surface area contributed by atoms with Crippen LogP contribution in [0.25, 0.3) is 16.8 Å². The highest BCUT2D eigenvalue weighted by atomic mass is 35.5. The zero-order valence-corrected chi connectivity index (χ0v) is 20.9. The maximum Gasteiger partial charge on any atom is 0.293 e. The van der Waals surface area contributed by atoms with Crippen molar-refractivity contribution >= 4 is 74.3 Å². The fourth-order valence-electron chi connectivity index (χ4n) is 3.72. The van der Waals surface area contributed by atoms with Gasteiger partial charge in [0, 0.05) is 21.0 Å². The average molecular weight is 534 g/mol. The van der Waals surface area contributed by atoms with Crippen molar-refractivity contribution in [3.63, 3.8) is 0 Å². The van der Waals surface area contributed by atoms with E-state index in [0.717, 1.165) is 27.4 Å². The van der Waals surface area contributed by atoms with E-state index < -0.39 is 11.1 Å². The molecule has 1 aliphatic rings. The highest BCUT2D eigenvalue weighted by molar-refractivity contribution is 8.18. The van der Waals surface area contributed by atoms with Crippen molar-refractivity contribution in [1.29, 1.82) is 0 Å². The Morgan fingerprint density at radius 2 is 1.72 bits per heavy atom. The largest absolute Gasteiger partial charge is 0.507 e. The van der Waals surface area contributed by atoms with Gasteiger partial charge in [-0.05, 0) is 65.2 Å². The number of amides is 2. The summed E-state index contributed by atoms with van der Waals surface area (Å²) in [6.45, 7) is 0.0171. The van der Waals surface area contributed by atoms with E-state index in [1.807, 2.05) is 42.5 Å². The van der Waals surface area contributed by atoms with Crippen molar-refractivity contribution in [3.05, 3.63) is 105 Å². The number of imide groups is 1. The second-order valence-electron chi connectivity index (χ2n) is 7.94. The van der Waals surface area contributed by atoms with Gasteiger partial charge in [-0.15, -0.1) is 5.11 Å². The van der Waals surface area contributed by atoms with Gasteiger partial charge in [0.15, 0.2) is 0 Å². The molecule has 1 heterocycles. The molecule has 36 heavy (non-hydrogen) atoms. The number of azo groups is 1. The summed E-state index contributed by atoms with van der Waals surface area (Å²) in [6, 6.07) is 23.2. The van der Waals surface area contributed by atoms with E-state index in [9.17, 15) is 14.7 Å². The summed E-state index contributed by atoms with van der Waals surface area (Å²) in [5, 5.41) is 21.5. The molecule has 0 spiro atoms. The van der Waals surface area contributed by atoms with Gasteiger partial charge in [0.25, 0.3) is 11.1 Å². The Kier molecular flexibility index (Phi) is 6.78. The molecule has 1 aliphatic heterocycles. The van der Waals surface area contributed by atoms with Crippen molar-refractivity contribution in [3.8, 4) is 5.75 Å². The number of rotatable bonds is 5. The van der Waals surface area contributed by atoms with Gasteiger partial charge >= 0.3 is 0 Å². The molecule has 5 rings (SSSR count). The lowest BCUT2D eigenvalue weighted by Gasteiger charge is -2.13. The third kappa shape index (κ3) is 4.99. The Labute approximate surface area is 220 Å². The monoisotopic (exact) mass is 533 g/mol. The molecular weight excluding hydrogens is 517 g/mol. The van der Waals surface area contributed by atoms with Crippen LogP contribution in [-0.2, 0) is 11.3 Å². The molecule has 0 bridgehead atoms. The summed E-state index contributed by atoms with van der Waals surface area (Å²) >= 11 is 12.9. The summed E-state index contributed by atoms with van der Waals surface area (Å²) in [4.78, 5) is 26.8. The van der Waals surface area contributed by atoms with Crippen LogP contribution < -0.4 is 0 Å². The van der Waals surface area contributed by atoms with Gasteiger partial charge < -0.3 is 5.11 Å². The van der Waals surface area contributed by atoms with Crippen molar-refractivity contribution in [2.75, 3.05) is 0 Å². The highest BCUT2D eigenvalue weighted by Crippen LogP contribution is 2.37. The molecule has 1 fully saturated rings. The van der Waals surface area contributed by atoms with Gasteiger partial charge in [-0.2, -0.15) is 5.11 Å². The van der Waals surface area contributed by atoms with Crippen LogP contribution in [0.3, 0.4) is 0 Å². The Morgan fingerprint density at radius 3 is 2.56 bits per heavy atom. The minimum absolute atomic E-state index is 0.0171.